The predicted octanol–water partition coefficient (Wildman–Crippen LogP) is 1.75. The normalized spacial score (nSPS) is 15.0. The largest absolute Gasteiger partial charge is 0.351 e. The number of likely N-dealkylation sites (tertiary alicyclic amines) is 1. The first-order valence-electron chi connectivity index (χ1n) is 10.7. The molecule has 1 fully saturated rings. The average Bonchev–Trinajstić information content (AvgIpc) is 2.77. The van der Waals surface area contributed by atoms with E-state index in [-0.39, 0.29) is 22.5 Å². The highest BCUT2D eigenvalue weighted by Gasteiger charge is 2.17. The Balaban J connectivity index is 1.70. The second-order valence-electron chi connectivity index (χ2n) is 7.80. The molecule has 0 bridgehead atoms. The number of aryl methyl sites for hydroxylation is 1. The molecule has 1 saturated heterocycles. The lowest BCUT2D eigenvalue weighted by Gasteiger charge is -2.26. The van der Waals surface area contributed by atoms with Crippen molar-refractivity contribution in [2.45, 2.75) is 39.2 Å². The second kappa shape index (κ2) is 8.79. The quantitative estimate of drug-likeness (QED) is 0.608. The standard InChI is InChI=1S/C22H28N6O2/c1-2-10-28-19(23)16(21(29)24-9-14-26-11-5-3-6-12-26)15-17-20(28)25-18-8-4-7-13-27(18)22(17)30/h4,7-8,13,15,23H,2-3,5-6,9-12,14H2,1H3,(H,24,29). The highest BCUT2D eigenvalue weighted by molar-refractivity contribution is 5.96. The zero-order valence-electron chi connectivity index (χ0n) is 17.4. The van der Waals surface area contributed by atoms with Crippen molar-refractivity contribution in [3.8, 4) is 0 Å². The van der Waals surface area contributed by atoms with Crippen molar-refractivity contribution in [2.75, 3.05) is 26.2 Å². The van der Waals surface area contributed by atoms with Crippen molar-refractivity contribution in [3.63, 3.8) is 0 Å². The minimum absolute atomic E-state index is 0.0898. The van der Waals surface area contributed by atoms with E-state index in [1.807, 2.05) is 13.0 Å². The van der Waals surface area contributed by atoms with Gasteiger partial charge in [0.2, 0.25) is 0 Å². The number of nitrogens with zero attached hydrogens (tertiary/aromatic N) is 4. The predicted molar refractivity (Wildman–Crippen MR) is 116 cm³/mol. The summed E-state index contributed by atoms with van der Waals surface area (Å²) in [4.78, 5) is 32.9. The Kier molecular flexibility index (Phi) is 5.94. The second-order valence-corrected chi connectivity index (χ2v) is 7.80. The van der Waals surface area contributed by atoms with Gasteiger partial charge in [-0.3, -0.25) is 19.4 Å². The molecule has 8 nitrogen and oxygen atoms in total. The van der Waals surface area contributed by atoms with Gasteiger partial charge in [0.1, 0.15) is 16.8 Å². The van der Waals surface area contributed by atoms with Crippen LogP contribution in [0.25, 0.3) is 16.7 Å². The summed E-state index contributed by atoms with van der Waals surface area (Å²) in [6.45, 7) is 5.98. The molecule has 0 aromatic carbocycles. The van der Waals surface area contributed by atoms with E-state index in [1.54, 1.807) is 22.9 Å². The molecule has 1 aliphatic heterocycles. The summed E-state index contributed by atoms with van der Waals surface area (Å²) < 4.78 is 3.14. The van der Waals surface area contributed by atoms with Crippen molar-refractivity contribution in [3.05, 3.63) is 51.9 Å². The summed E-state index contributed by atoms with van der Waals surface area (Å²) in [6, 6.07) is 6.88. The molecule has 0 spiro atoms. The van der Waals surface area contributed by atoms with E-state index >= 15 is 0 Å². The third-order valence-electron chi connectivity index (χ3n) is 5.67. The Hall–Kier alpha value is -3.00. The molecule has 0 aliphatic carbocycles. The molecule has 4 heterocycles. The molecule has 158 valence electrons. The van der Waals surface area contributed by atoms with E-state index in [2.05, 4.69) is 15.2 Å². The molecule has 30 heavy (non-hydrogen) atoms. The van der Waals surface area contributed by atoms with E-state index < -0.39 is 0 Å². The molecule has 2 N–H and O–H groups in total. The summed E-state index contributed by atoms with van der Waals surface area (Å²) in [5.41, 5.74) is 1.04. The smallest absolute Gasteiger partial charge is 0.267 e. The zero-order chi connectivity index (χ0) is 21.1. The van der Waals surface area contributed by atoms with Crippen LogP contribution in [-0.2, 0) is 6.54 Å². The Labute approximate surface area is 174 Å². The lowest BCUT2D eigenvalue weighted by Crippen LogP contribution is -2.40. The Bertz CT molecular complexity index is 1190. The van der Waals surface area contributed by atoms with Crippen LogP contribution in [0.2, 0.25) is 0 Å². The maximum absolute atomic E-state index is 13.1. The van der Waals surface area contributed by atoms with Crippen LogP contribution >= 0.6 is 0 Å². The van der Waals surface area contributed by atoms with Gasteiger partial charge >= 0.3 is 0 Å². The summed E-state index contributed by atoms with van der Waals surface area (Å²) >= 11 is 0. The topological polar surface area (TPSA) is 95.5 Å². The number of aromatic nitrogens is 3. The molecule has 1 amide bonds. The number of carbonyl (C=O) groups excluding carboxylic acids is 1. The number of nitrogens with one attached hydrogen (secondary N) is 2. The summed E-state index contributed by atoms with van der Waals surface area (Å²) in [5.74, 6) is -0.318. The van der Waals surface area contributed by atoms with Crippen molar-refractivity contribution in [1.29, 1.82) is 5.41 Å². The number of piperidine rings is 1. The van der Waals surface area contributed by atoms with Crippen LogP contribution in [0.15, 0.2) is 35.3 Å². The van der Waals surface area contributed by atoms with Crippen molar-refractivity contribution in [2.24, 2.45) is 0 Å². The molecule has 0 atom stereocenters. The molecule has 8 heteroatoms. The minimum Gasteiger partial charge on any atom is -0.351 e. The van der Waals surface area contributed by atoms with Gasteiger partial charge in [-0.1, -0.05) is 19.4 Å². The maximum Gasteiger partial charge on any atom is 0.267 e. The van der Waals surface area contributed by atoms with E-state index in [0.29, 0.717) is 29.8 Å². The fourth-order valence-corrected chi connectivity index (χ4v) is 4.11. The van der Waals surface area contributed by atoms with Gasteiger partial charge < -0.3 is 14.8 Å². The van der Waals surface area contributed by atoms with E-state index in [4.69, 9.17) is 5.41 Å². The number of hydrogen-bond acceptors (Lipinski definition) is 5. The number of carbonyl (C=O) groups is 1. The monoisotopic (exact) mass is 408 g/mol. The van der Waals surface area contributed by atoms with Crippen LogP contribution in [-0.4, -0.2) is 50.9 Å². The maximum atomic E-state index is 13.1. The van der Waals surface area contributed by atoms with E-state index in [1.165, 1.54) is 29.7 Å². The van der Waals surface area contributed by atoms with Crippen LogP contribution in [0, 0.1) is 5.41 Å². The Morgan fingerprint density at radius 2 is 2.00 bits per heavy atom. The average molecular weight is 409 g/mol. The first kappa shape index (κ1) is 20.3. The lowest BCUT2D eigenvalue weighted by molar-refractivity contribution is 0.0944. The first-order chi connectivity index (χ1) is 14.6. The third kappa shape index (κ3) is 3.87. The number of amides is 1. The summed E-state index contributed by atoms with van der Waals surface area (Å²) in [7, 11) is 0. The van der Waals surface area contributed by atoms with Gasteiger partial charge in [-0.25, -0.2) is 4.98 Å². The van der Waals surface area contributed by atoms with Crippen LogP contribution in [0.5, 0.6) is 0 Å². The van der Waals surface area contributed by atoms with Crippen LogP contribution < -0.4 is 16.4 Å². The molecule has 3 aromatic rings. The molecule has 0 unspecified atom stereocenters. The minimum atomic E-state index is -0.318. The van der Waals surface area contributed by atoms with Crippen LogP contribution in [0.3, 0.4) is 0 Å². The molecule has 3 aromatic heterocycles. The Morgan fingerprint density at radius 1 is 1.20 bits per heavy atom. The third-order valence-corrected chi connectivity index (χ3v) is 5.67. The summed E-state index contributed by atoms with van der Waals surface area (Å²) in [6.07, 6.45) is 6.12. The van der Waals surface area contributed by atoms with Gasteiger partial charge in [-0.2, -0.15) is 0 Å². The number of rotatable bonds is 6. The molecule has 4 rings (SSSR count). The highest BCUT2D eigenvalue weighted by atomic mass is 16.1. The molecular weight excluding hydrogens is 380 g/mol. The number of fused-ring (bicyclic) bond motifs is 2. The van der Waals surface area contributed by atoms with Gasteiger partial charge in [-0.05, 0) is 50.6 Å². The highest BCUT2D eigenvalue weighted by Crippen LogP contribution is 2.11. The van der Waals surface area contributed by atoms with Gasteiger partial charge in [0, 0.05) is 25.8 Å². The summed E-state index contributed by atoms with van der Waals surface area (Å²) in [5, 5.41) is 11.9. The molecular formula is C22H28N6O2. The molecule has 0 saturated carbocycles. The van der Waals surface area contributed by atoms with Gasteiger partial charge in [-0.15, -0.1) is 0 Å². The van der Waals surface area contributed by atoms with Crippen molar-refractivity contribution in [1.82, 2.24) is 24.2 Å². The fourth-order valence-electron chi connectivity index (χ4n) is 4.11. The van der Waals surface area contributed by atoms with Crippen molar-refractivity contribution >= 4 is 22.6 Å². The fraction of sp³-hybridized carbons (Fsp3) is 0.455. The van der Waals surface area contributed by atoms with Crippen molar-refractivity contribution < 1.29 is 4.79 Å². The van der Waals surface area contributed by atoms with E-state index in [0.717, 1.165) is 26.1 Å². The number of hydrogen-bond donors (Lipinski definition) is 2. The Morgan fingerprint density at radius 3 is 2.77 bits per heavy atom. The zero-order valence-corrected chi connectivity index (χ0v) is 17.4. The molecule has 1 aliphatic rings. The SMILES string of the molecule is CCCn1c(=N)c(C(=O)NCCN2CCCCC2)cc2c(=O)n3ccccc3nc21. The van der Waals surface area contributed by atoms with Gasteiger partial charge in [0.05, 0.1) is 10.9 Å². The van der Waals surface area contributed by atoms with Crippen LogP contribution in [0.1, 0.15) is 43.0 Å². The van der Waals surface area contributed by atoms with Gasteiger partial charge in [0.25, 0.3) is 11.5 Å². The van der Waals surface area contributed by atoms with Gasteiger partial charge in [0.15, 0.2) is 0 Å². The molecule has 0 radical (unpaired) electrons. The lowest BCUT2D eigenvalue weighted by atomic mass is 10.1. The first-order valence-corrected chi connectivity index (χ1v) is 10.7. The van der Waals surface area contributed by atoms with Crippen LogP contribution in [0.4, 0.5) is 0 Å². The number of pyridine rings is 2. The van der Waals surface area contributed by atoms with E-state index in [9.17, 15) is 9.59 Å².